The lowest BCUT2D eigenvalue weighted by molar-refractivity contribution is 0.302. The zero-order chi connectivity index (χ0) is 13.7. The molecule has 102 valence electrons. The fraction of sp³-hybridized carbons (Fsp3) is 0.400. The van der Waals surface area contributed by atoms with Gasteiger partial charge in [-0.2, -0.15) is 5.10 Å². The molecule has 19 heavy (non-hydrogen) atoms. The zero-order valence-electron chi connectivity index (χ0n) is 11.8. The van der Waals surface area contributed by atoms with E-state index in [0.29, 0.717) is 6.61 Å². The van der Waals surface area contributed by atoms with Crippen LogP contribution in [0, 0.1) is 6.92 Å². The second-order valence-electron chi connectivity index (χ2n) is 4.63. The molecule has 0 aliphatic heterocycles. The lowest BCUT2D eigenvalue weighted by atomic mass is 10.1. The first-order valence-corrected chi connectivity index (χ1v) is 6.61. The Morgan fingerprint density at radius 2 is 2.21 bits per heavy atom. The molecular formula is C15H21N3O. The van der Waals surface area contributed by atoms with Gasteiger partial charge in [-0.3, -0.25) is 4.68 Å². The Hall–Kier alpha value is -1.81. The van der Waals surface area contributed by atoms with Crippen molar-refractivity contribution >= 4 is 0 Å². The van der Waals surface area contributed by atoms with Crippen LogP contribution in [0.1, 0.15) is 23.6 Å². The number of aromatic nitrogens is 2. The van der Waals surface area contributed by atoms with Crippen molar-refractivity contribution < 1.29 is 4.74 Å². The van der Waals surface area contributed by atoms with Gasteiger partial charge in [0, 0.05) is 30.4 Å². The summed E-state index contributed by atoms with van der Waals surface area (Å²) in [4.78, 5) is 0. The van der Waals surface area contributed by atoms with Gasteiger partial charge < -0.3 is 10.1 Å². The number of ether oxygens (including phenoxy) is 1. The van der Waals surface area contributed by atoms with Crippen LogP contribution in [-0.4, -0.2) is 16.8 Å². The minimum atomic E-state index is 0.555. The van der Waals surface area contributed by atoms with Crippen molar-refractivity contribution in [2.24, 2.45) is 0 Å². The van der Waals surface area contributed by atoms with Crippen molar-refractivity contribution in [3.63, 3.8) is 0 Å². The Morgan fingerprint density at radius 1 is 1.37 bits per heavy atom. The van der Waals surface area contributed by atoms with E-state index in [2.05, 4.69) is 36.4 Å². The average Bonchev–Trinajstić information content (AvgIpc) is 2.86. The van der Waals surface area contributed by atoms with Crippen LogP contribution in [0.5, 0.6) is 5.75 Å². The highest BCUT2D eigenvalue weighted by atomic mass is 16.5. The molecule has 2 rings (SSSR count). The third-order valence-corrected chi connectivity index (χ3v) is 2.99. The third-order valence-electron chi connectivity index (χ3n) is 2.99. The fourth-order valence-electron chi connectivity index (χ4n) is 1.99. The number of hydrogen-bond acceptors (Lipinski definition) is 3. The summed E-state index contributed by atoms with van der Waals surface area (Å²) in [6, 6.07) is 6.26. The molecule has 1 aromatic carbocycles. The van der Waals surface area contributed by atoms with Gasteiger partial charge in [0.1, 0.15) is 12.4 Å². The van der Waals surface area contributed by atoms with Gasteiger partial charge in [-0.1, -0.05) is 17.7 Å². The van der Waals surface area contributed by atoms with Crippen molar-refractivity contribution in [1.29, 1.82) is 0 Å². The lowest BCUT2D eigenvalue weighted by Gasteiger charge is -2.11. The summed E-state index contributed by atoms with van der Waals surface area (Å²) < 4.78 is 7.80. The number of aryl methyl sites for hydroxylation is 2. The topological polar surface area (TPSA) is 39.1 Å². The molecule has 1 aromatic heterocycles. The van der Waals surface area contributed by atoms with Gasteiger partial charge in [-0.25, -0.2) is 0 Å². The summed E-state index contributed by atoms with van der Waals surface area (Å²) in [6.45, 7) is 6.41. The molecule has 4 heteroatoms. The van der Waals surface area contributed by atoms with E-state index in [-0.39, 0.29) is 0 Å². The molecule has 1 heterocycles. The van der Waals surface area contributed by atoms with Crippen molar-refractivity contribution in [1.82, 2.24) is 15.1 Å². The van der Waals surface area contributed by atoms with E-state index in [0.717, 1.165) is 24.4 Å². The highest BCUT2D eigenvalue weighted by molar-refractivity contribution is 5.37. The molecule has 0 saturated carbocycles. The standard InChI is InChI=1S/C15H21N3O/c1-4-18-10-13(8-17-18)11-19-15-6-5-12(2)7-14(15)9-16-3/h5-8,10,16H,4,9,11H2,1-3H3. The van der Waals surface area contributed by atoms with Gasteiger partial charge >= 0.3 is 0 Å². The molecule has 0 aliphatic carbocycles. The van der Waals surface area contributed by atoms with E-state index < -0.39 is 0 Å². The van der Waals surface area contributed by atoms with Crippen LogP contribution in [0.3, 0.4) is 0 Å². The molecule has 0 amide bonds. The van der Waals surface area contributed by atoms with Crippen LogP contribution in [0.25, 0.3) is 0 Å². The first-order chi connectivity index (χ1) is 9.22. The Kier molecular flexibility index (Phi) is 4.58. The highest BCUT2D eigenvalue weighted by Gasteiger charge is 2.05. The fourth-order valence-corrected chi connectivity index (χ4v) is 1.99. The van der Waals surface area contributed by atoms with Gasteiger partial charge in [0.25, 0.3) is 0 Å². The maximum absolute atomic E-state index is 5.90. The van der Waals surface area contributed by atoms with Crippen LogP contribution in [-0.2, 0) is 19.7 Å². The van der Waals surface area contributed by atoms with E-state index >= 15 is 0 Å². The molecule has 0 aliphatic rings. The smallest absolute Gasteiger partial charge is 0.124 e. The summed E-state index contributed by atoms with van der Waals surface area (Å²) in [5, 5.41) is 7.41. The summed E-state index contributed by atoms with van der Waals surface area (Å²) in [7, 11) is 1.94. The Morgan fingerprint density at radius 3 is 2.89 bits per heavy atom. The van der Waals surface area contributed by atoms with Crippen LogP contribution in [0.4, 0.5) is 0 Å². The second-order valence-corrected chi connectivity index (χ2v) is 4.63. The lowest BCUT2D eigenvalue weighted by Crippen LogP contribution is -2.07. The Labute approximate surface area is 114 Å². The van der Waals surface area contributed by atoms with E-state index in [9.17, 15) is 0 Å². The van der Waals surface area contributed by atoms with E-state index in [1.807, 2.05) is 30.2 Å². The number of nitrogens with one attached hydrogen (secondary N) is 1. The van der Waals surface area contributed by atoms with Crippen LogP contribution < -0.4 is 10.1 Å². The van der Waals surface area contributed by atoms with Crippen molar-refractivity contribution in [3.8, 4) is 5.75 Å². The monoisotopic (exact) mass is 259 g/mol. The number of hydrogen-bond donors (Lipinski definition) is 1. The highest BCUT2D eigenvalue weighted by Crippen LogP contribution is 2.21. The molecule has 1 N–H and O–H groups in total. The van der Waals surface area contributed by atoms with E-state index in [4.69, 9.17) is 4.74 Å². The van der Waals surface area contributed by atoms with Gasteiger partial charge in [0.15, 0.2) is 0 Å². The first-order valence-electron chi connectivity index (χ1n) is 6.61. The van der Waals surface area contributed by atoms with E-state index in [1.54, 1.807) is 0 Å². The first kappa shape index (κ1) is 13.6. The molecule has 0 fully saturated rings. The van der Waals surface area contributed by atoms with Crippen LogP contribution in [0.2, 0.25) is 0 Å². The average molecular weight is 259 g/mol. The van der Waals surface area contributed by atoms with Gasteiger partial charge in [0.05, 0.1) is 6.20 Å². The second kappa shape index (κ2) is 6.38. The largest absolute Gasteiger partial charge is 0.488 e. The quantitative estimate of drug-likeness (QED) is 0.866. The molecule has 2 aromatic rings. The van der Waals surface area contributed by atoms with Crippen LogP contribution in [0.15, 0.2) is 30.6 Å². The molecule has 0 radical (unpaired) electrons. The van der Waals surface area contributed by atoms with Crippen molar-refractivity contribution in [2.45, 2.75) is 33.5 Å². The SMILES string of the molecule is CCn1cc(COc2ccc(C)cc2CNC)cn1. The Balaban J connectivity index is 2.05. The molecule has 0 saturated heterocycles. The molecule has 0 spiro atoms. The van der Waals surface area contributed by atoms with Gasteiger partial charge in [-0.05, 0) is 27.0 Å². The predicted octanol–water partition coefficient (Wildman–Crippen LogP) is 2.51. The minimum Gasteiger partial charge on any atom is -0.488 e. The number of benzene rings is 1. The summed E-state index contributed by atoms with van der Waals surface area (Å²) >= 11 is 0. The zero-order valence-corrected chi connectivity index (χ0v) is 11.8. The van der Waals surface area contributed by atoms with Crippen LogP contribution >= 0.6 is 0 Å². The molecule has 0 unspecified atom stereocenters. The molecule has 0 atom stereocenters. The Bertz CT molecular complexity index is 534. The molecule has 0 bridgehead atoms. The minimum absolute atomic E-state index is 0.555. The molecule has 4 nitrogen and oxygen atoms in total. The summed E-state index contributed by atoms with van der Waals surface area (Å²) in [5.74, 6) is 0.934. The number of rotatable bonds is 6. The summed E-state index contributed by atoms with van der Waals surface area (Å²) in [5.41, 5.74) is 3.53. The number of nitrogens with zero attached hydrogens (tertiary/aromatic N) is 2. The predicted molar refractivity (Wildman–Crippen MR) is 76.2 cm³/mol. The normalized spacial score (nSPS) is 10.7. The van der Waals surface area contributed by atoms with Crippen molar-refractivity contribution in [2.75, 3.05) is 7.05 Å². The van der Waals surface area contributed by atoms with Gasteiger partial charge in [-0.15, -0.1) is 0 Å². The maximum atomic E-state index is 5.90. The maximum Gasteiger partial charge on any atom is 0.124 e. The summed E-state index contributed by atoms with van der Waals surface area (Å²) in [6.07, 6.45) is 3.88. The van der Waals surface area contributed by atoms with Crippen molar-refractivity contribution in [3.05, 3.63) is 47.3 Å². The van der Waals surface area contributed by atoms with Gasteiger partial charge in [0.2, 0.25) is 0 Å². The molecular weight excluding hydrogens is 238 g/mol. The van der Waals surface area contributed by atoms with E-state index in [1.165, 1.54) is 11.1 Å². The third kappa shape index (κ3) is 3.58.